The second-order valence-corrected chi connectivity index (χ2v) is 8.06. The molecule has 1 saturated heterocycles. The second-order valence-electron chi connectivity index (χ2n) is 7.00. The number of rotatable bonds is 5. The molecular weight excluding hydrogens is 346 g/mol. The van der Waals surface area contributed by atoms with Gasteiger partial charge in [-0.2, -0.15) is 0 Å². The van der Waals surface area contributed by atoms with E-state index in [1.54, 1.807) is 11.3 Å². The number of piperazine rings is 1. The number of thiophene rings is 1. The van der Waals surface area contributed by atoms with E-state index in [0.717, 1.165) is 72.3 Å². The lowest BCUT2D eigenvalue weighted by Crippen LogP contribution is -2.45. The first kappa shape index (κ1) is 17.5. The van der Waals surface area contributed by atoms with Gasteiger partial charge in [0.2, 0.25) is 0 Å². The molecule has 0 unspecified atom stereocenters. The lowest BCUT2D eigenvalue weighted by atomic mass is 10.1. The standard InChI is InChI=1S/C20H25N3O2S/c1-22-9-11-23(12-10-22)8-4-7-21-20(24)18-13-15-14-25-17-6-3-2-5-16(17)19(15)26-18/h2-3,5-6,13H,4,7-12,14H2,1H3,(H,21,24). The number of nitrogens with zero attached hydrogens (tertiary/aromatic N) is 2. The summed E-state index contributed by atoms with van der Waals surface area (Å²) in [5.41, 5.74) is 2.20. The number of benzene rings is 1. The summed E-state index contributed by atoms with van der Waals surface area (Å²) < 4.78 is 5.78. The van der Waals surface area contributed by atoms with Crippen molar-refractivity contribution in [3.63, 3.8) is 0 Å². The van der Waals surface area contributed by atoms with Gasteiger partial charge >= 0.3 is 0 Å². The Morgan fingerprint density at radius 3 is 2.88 bits per heavy atom. The van der Waals surface area contributed by atoms with E-state index in [-0.39, 0.29) is 5.91 Å². The first-order valence-corrected chi connectivity index (χ1v) is 10.1. The Morgan fingerprint density at radius 1 is 1.23 bits per heavy atom. The SMILES string of the molecule is CN1CCN(CCCNC(=O)c2cc3c(s2)-c2ccccc2OC3)CC1. The van der Waals surface area contributed by atoms with Crippen molar-refractivity contribution in [3.05, 3.63) is 40.8 Å². The van der Waals surface area contributed by atoms with Gasteiger partial charge in [-0.25, -0.2) is 0 Å². The van der Waals surface area contributed by atoms with Crippen molar-refractivity contribution in [3.8, 4) is 16.2 Å². The van der Waals surface area contributed by atoms with Crippen LogP contribution < -0.4 is 10.1 Å². The van der Waals surface area contributed by atoms with Gasteiger partial charge in [-0.05, 0) is 38.2 Å². The zero-order valence-corrected chi connectivity index (χ0v) is 16.0. The van der Waals surface area contributed by atoms with Gasteiger partial charge in [0.25, 0.3) is 5.91 Å². The Hall–Kier alpha value is -1.89. The highest BCUT2D eigenvalue weighted by atomic mass is 32.1. The largest absolute Gasteiger partial charge is 0.488 e. The van der Waals surface area contributed by atoms with Crippen LogP contribution in [0.15, 0.2) is 30.3 Å². The summed E-state index contributed by atoms with van der Waals surface area (Å²) in [7, 11) is 2.17. The Balaban J connectivity index is 1.30. The van der Waals surface area contributed by atoms with Gasteiger partial charge in [-0.15, -0.1) is 11.3 Å². The molecule has 1 aromatic carbocycles. The highest BCUT2D eigenvalue weighted by Gasteiger charge is 2.22. The lowest BCUT2D eigenvalue weighted by Gasteiger charge is -2.32. The highest BCUT2D eigenvalue weighted by molar-refractivity contribution is 7.17. The first-order valence-electron chi connectivity index (χ1n) is 9.25. The van der Waals surface area contributed by atoms with Crippen LogP contribution in [-0.2, 0) is 6.61 Å². The van der Waals surface area contributed by atoms with E-state index in [1.165, 1.54) is 0 Å². The number of ether oxygens (including phenoxy) is 1. The van der Waals surface area contributed by atoms with E-state index in [2.05, 4.69) is 28.2 Å². The minimum atomic E-state index is 0.0280. The molecule has 1 fully saturated rings. The van der Waals surface area contributed by atoms with Crippen LogP contribution in [0.5, 0.6) is 5.75 Å². The van der Waals surface area contributed by atoms with Crippen molar-refractivity contribution in [2.45, 2.75) is 13.0 Å². The van der Waals surface area contributed by atoms with Crippen molar-refractivity contribution >= 4 is 17.2 Å². The van der Waals surface area contributed by atoms with Gasteiger partial charge in [0, 0.05) is 48.7 Å². The van der Waals surface area contributed by atoms with Crippen molar-refractivity contribution in [1.29, 1.82) is 0 Å². The number of likely N-dealkylation sites (N-methyl/N-ethyl adjacent to an activating group) is 1. The van der Waals surface area contributed by atoms with Gasteiger partial charge in [0.05, 0.1) is 4.88 Å². The maximum Gasteiger partial charge on any atom is 0.261 e. The molecule has 138 valence electrons. The summed E-state index contributed by atoms with van der Waals surface area (Å²) in [4.78, 5) is 19.3. The average Bonchev–Trinajstić information content (AvgIpc) is 3.11. The Kier molecular flexibility index (Phi) is 5.24. The molecule has 0 aliphatic carbocycles. The monoisotopic (exact) mass is 371 g/mol. The third kappa shape index (κ3) is 3.77. The zero-order valence-electron chi connectivity index (χ0n) is 15.2. The van der Waals surface area contributed by atoms with Crippen LogP contribution in [0.2, 0.25) is 0 Å². The quantitative estimate of drug-likeness (QED) is 0.821. The molecule has 0 radical (unpaired) electrons. The minimum Gasteiger partial charge on any atom is -0.488 e. The van der Waals surface area contributed by atoms with Crippen LogP contribution in [0.4, 0.5) is 0 Å². The number of nitrogens with one attached hydrogen (secondary N) is 1. The van der Waals surface area contributed by atoms with E-state index in [0.29, 0.717) is 6.61 Å². The van der Waals surface area contributed by atoms with Gasteiger partial charge in [-0.3, -0.25) is 4.79 Å². The summed E-state index contributed by atoms with van der Waals surface area (Å²) in [5.74, 6) is 0.932. The predicted octanol–water partition coefficient (Wildman–Crippen LogP) is 2.67. The fourth-order valence-electron chi connectivity index (χ4n) is 3.47. The molecule has 2 aliphatic rings. The van der Waals surface area contributed by atoms with Crippen molar-refractivity contribution in [1.82, 2.24) is 15.1 Å². The van der Waals surface area contributed by atoms with Gasteiger partial charge in [-0.1, -0.05) is 12.1 Å². The number of fused-ring (bicyclic) bond motifs is 3. The van der Waals surface area contributed by atoms with Crippen LogP contribution in [-0.4, -0.2) is 62.0 Å². The number of hydrogen-bond donors (Lipinski definition) is 1. The van der Waals surface area contributed by atoms with E-state index in [1.807, 2.05) is 24.3 Å². The number of carbonyl (C=O) groups excluding carboxylic acids is 1. The molecule has 6 heteroatoms. The van der Waals surface area contributed by atoms with E-state index >= 15 is 0 Å². The number of para-hydroxylation sites is 1. The zero-order chi connectivity index (χ0) is 17.9. The lowest BCUT2D eigenvalue weighted by molar-refractivity contribution is 0.0953. The van der Waals surface area contributed by atoms with Crippen molar-refractivity contribution in [2.24, 2.45) is 0 Å². The second kappa shape index (κ2) is 7.78. The molecule has 0 spiro atoms. The van der Waals surface area contributed by atoms with E-state index < -0.39 is 0 Å². The molecule has 1 aromatic heterocycles. The van der Waals surface area contributed by atoms with Gasteiger partial charge < -0.3 is 19.9 Å². The average molecular weight is 372 g/mol. The molecule has 3 heterocycles. The van der Waals surface area contributed by atoms with E-state index in [4.69, 9.17) is 4.74 Å². The van der Waals surface area contributed by atoms with Crippen LogP contribution in [0, 0.1) is 0 Å². The third-order valence-corrected chi connectivity index (χ3v) is 6.29. The molecule has 4 rings (SSSR count). The van der Waals surface area contributed by atoms with Crippen molar-refractivity contribution in [2.75, 3.05) is 46.3 Å². The molecule has 26 heavy (non-hydrogen) atoms. The summed E-state index contributed by atoms with van der Waals surface area (Å²) >= 11 is 1.56. The fraction of sp³-hybridized carbons (Fsp3) is 0.450. The Morgan fingerprint density at radius 2 is 2.04 bits per heavy atom. The number of hydrogen-bond acceptors (Lipinski definition) is 5. The number of carbonyl (C=O) groups is 1. The van der Waals surface area contributed by atoms with Crippen LogP contribution in [0.25, 0.3) is 10.4 Å². The van der Waals surface area contributed by atoms with Gasteiger partial charge in [0.15, 0.2) is 0 Å². The fourth-order valence-corrected chi connectivity index (χ4v) is 4.59. The van der Waals surface area contributed by atoms with Gasteiger partial charge in [0.1, 0.15) is 12.4 Å². The van der Waals surface area contributed by atoms with Crippen molar-refractivity contribution < 1.29 is 9.53 Å². The predicted molar refractivity (Wildman–Crippen MR) is 105 cm³/mol. The molecular formula is C20H25N3O2S. The van der Waals surface area contributed by atoms with Crippen LogP contribution in [0.3, 0.4) is 0 Å². The number of amides is 1. The summed E-state index contributed by atoms with van der Waals surface area (Å²) in [6.45, 7) is 6.84. The molecule has 0 bridgehead atoms. The smallest absolute Gasteiger partial charge is 0.261 e. The Labute approximate surface area is 158 Å². The van der Waals surface area contributed by atoms with Crippen LogP contribution >= 0.6 is 11.3 Å². The minimum absolute atomic E-state index is 0.0280. The molecule has 1 amide bonds. The third-order valence-electron chi connectivity index (χ3n) is 5.08. The summed E-state index contributed by atoms with van der Waals surface area (Å²) in [6, 6.07) is 10.0. The van der Waals surface area contributed by atoms with E-state index in [9.17, 15) is 4.79 Å². The topological polar surface area (TPSA) is 44.8 Å². The molecule has 2 aliphatic heterocycles. The molecule has 2 aromatic rings. The maximum absolute atomic E-state index is 12.5. The molecule has 0 atom stereocenters. The summed E-state index contributed by atoms with van der Waals surface area (Å²) in [5, 5.41) is 3.07. The molecule has 1 N–H and O–H groups in total. The summed E-state index contributed by atoms with van der Waals surface area (Å²) in [6.07, 6.45) is 0.993. The highest BCUT2D eigenvalue weighted by Crippen LogP contribution is 2.42. The molecule has 5 nitrogen and oxygen atoms in total. The maximum atomic E-state index is 12.5. The first-order chi connectivity index (χ1) is 12.7. The Bertz CT molecular complexity index is 781. The molecule has 0 saturated carbocycles. The normalized spacial score (nSPS) is 17.3. The van der Waals surface area contributed by atoms with Crippen LogP contribution in [0.1, 0.15) is 21.7 Å².